The number of carbonyl (C=O) groups is 1. The van der Waals surface area contributed by atoms with Crippen molar-refractivity contribution in [1.82, 2.24) is 9.78 Å². The monoisotopic (exact) mass is 266 g/mol. The number of carboxylic acid groups (broad SMARTS) is 1. The van der Waals surface area contributed by atoms with Crippen LogP contribution in [0.4, 0.5) is 0 Å². The van der Waals surface area contributed by atoms with E-state index in [0.29, 0.717) is 17.5 Å². The minimum absolute atomic E-state index is 0.117. The van der Waals surface area contributed by atoms with Crippen LogP contribution in [-0.2, 0) is 7.05 Å². The van der Waals surface area contributed by atoms with E-state index in [2.05, 4.69) is 12.0 Å². The summed E-state index contributed by atoms with van der Waals surface area (Å²) in [4.78, 5) is 11.3. The second-order valence-electron chi connectivity index (χ2n) is 5.38. The molecular formula is C14H22N2O3. The van der Waals surface area contributed by atoms with Crippen molar-refractivity contribution in [1.29, 1.82) is 0 Å². The maximum absolute atomic E-state index is 11.3. The quantitative estimate of drug-likeness (QED) is 0.910. The summed E-state index contributed by atoms with van der Waals surface area (Å²) in [6.07, 6.45) is 5.71. The smallest absolute Gasteiger partial charge is 0.343 e. The van der Waals surface area contributed by atoms with E-state index in [-0.39, 0.29) is 11.7 Å². The van der Waals surface area contributed by atoms with Crippen molar-refractivity contribution in [3.63, 3.8) is 0 Å². The molecule has 1 saturated carbocycles. The summed E-state index contributed by atoms with van der Waals surface area (Å²) >= 11 is 0. The molecule has 1 N–H and O–H groups in total. The van der Waals surface area contributed by atoms with E-state index in [1.807, 2.05) is 0 Å². The molecule has 0 bridgehead atoms. The van der Waals surface area contributed by atoms with Crippen LogP contribution in [-0.4, -0.2) is 27.0 Å². The summed E-state index contributed by atoms with van der Waals surface area (Å²) in [6.45, 7) is 3.90. The maximum atomic E-state index is 11.3. The third-order valence-corrected chi connectivity index (χ3v) is 3.97. The van der Waals surface area contributed by atoms with Gasteiger partial charge in [0, 0.05) is 7.05 Å². The van der Waals surface area contributed by atoms with Gasteiger partial charge in [0.25, 0.3) is 0 Å². The molecule has 106 valence electrons. The molecule has 1 aromatic rings. The van der Waals surface area contributed by atoms with Gasteiger partial charge in [-0.25, -0.2) is 9.48 Å². The number of nitrogens with zero attached hydrogens (tertiary/aromatic N) is 2. The Morgan fingerprint density at radius 2 is 2.26 bits per heavy atom. The fraction of sp³-hybridized carbons (Fsp3) is 0.714. The zero-order chi connectivity index (χ0) is 14.0. The van der Waals surface area contributed by atoms with Gasteiger partial charge in [-0.1, -0.05) is 19.8 Å². The Labute approximate surface area is 113 Å². The average molecular weight is 266 g/mol. The molecule has 1 aromatic heterocycles. The van der Waals surface area contributed by atoms with Gasteiger partial charge in [-0.15, -0.1) is 0 Å². The van der Waals surface area contributed by atoms with E-state index in [0.717, 1.165) is 25.7 Å². The molecule has 1 aliphatic rings. The molecule has 0 radical (unpaired) electrons. The van der Waals surface area contributed by atoms with E-state index < -0.39 is 5.97 Å². The molecule has 0 spiro atoms. The van der Waals surface area contributed by atoms with E-state index >= 15 is 0 Å². The molecule has 1 heterocycles. The molecule has 2 rings (SSSR count). The topological polar surface area (TPSA) is 64.3 Å². The highest BCUT2D eigenvalue weighted by Gasteiger charge is 2.27. The van der Waals surface area contributed by atoms with Crippen molar-refractivity contribution in [3.05, 3.63) is 11.3 Å². The number of rotatable bonds is 4. The van der Waals surface area contributed by atoms with Gasteiger partial charge in [0.15, 0.2) is 0 Å². The highest BCUT2D eigenvalue weighted by atomic mass is 16.5. The molecule has 0 aliphatic heterocycles. The van der Waals surface area contributed by atoms with Gasteiger partial charge in [-0.3, -0.25) is 0 Å². The highest BCUT2D eigenvalue weighted by molar-refractivity contribution is 5.91. The number of ether oxygens (including phenoxy) is 1. The van der Waals surface area contributed by atoms with Gasteiger partial charge in [-0.05, 0) is 32.1 Å². The zero-order valence-corrected chi connectivity index (χ0v) is 11.8. The van der Waals surface area contributed by atoms with Gasteiger partial charge in [0.05, 0.1) is 5.69 Å². The molecule has 0 aromatic carbocycles. The molecule has 1 aliphatic carbocycles. The SMILES string of the molecule is CCC1CCCC(Oc2c(C(=O)O)c(C)nn2C)C1. The van der Waals surface area contributed by atoms with Crippen LogP contribution in [0.1, 0.15) is 55.1 Å². The summed E-state index contributed by atoms with van der Waals surface area (Å²) in [6, 6.07) is 0. The molecule has 1 fully saturated rings. The van der Waals surface area contributed by atoms with Crippen molar-refractivity contribution in [2.24, 2.45) is 13.0 Å². The molecule has 2 atom stereocenters. The lowest BCUT2D eigenvalue weighted by molar-refractivity contribution is 0.0677. The standard InChI is InChI=1S/C14H22N2O3/c1-4-10-6-5-7-11(8-10)19-13-12(14(17)18)9(2)15-16(13)3/h10-11H,4-8H2,1-3H3,(H,17,18). The molecule has 5 heteroatoms. The minimum atomic E-state index is -0.969. The lowest BCUT2D eigenvalue weighted by Gasteiger charge is -2.28. The normalized spacial score (nSPS) is 23.3. The van der Waals surface area contributed by atoms with Crippen LogP contribution < -0.4 is 4.74 Å². The number of aryl methyl sites for hydroxylation is 2. The Hall–Kier alpha value is -1.52. The molecule has 0 saturated heterocycles. The molecule has 19 heavy (non-hydrogen) atoms. The Balaban J connectivity index is 2.16. The van der Waals surface area contributed by atoms with Gasteiger partial charge in [0.2, 0.25) is 5.88 Å². The van der Waals surface area contributed by atoms with E-state index in [1.54, 1.807) is 14.0 Å². The average Bonchev–Trinajstić information content (AvgIpc) is 2.64. The van der Waals surface area contributed by atoms with Crippen molar-refractivity contribution >= 4 is 5.97 Å². The van der Waals surface area contributed by atoms with Crippen molar-refractivity contribution in [2.75, 3.05) is 0 Å². The predicted octanol–water partition coefficient (Wildman–Crippen LogP) is 2.77. The number of aromatic nitrogens is 2. The van der Waals surface area contributed by atoms with Crippen molar-refractivity contribution in [2.45, 2.75) is 52.1 Å². The number of hydrogen-bond donors (Lipinski definition) is 1. The molecule has 5 nitrogen and oxygen atoms in total. The summed E-state index contributed by atoms with van der Waals surface area (Å²) in [5, 5.41) is 13.4. The Morgan fingerprint density at radius 1 is 1.53 bits per heavy atom. The summed E-state index contributed by atoms with van der Waals surface area (Å²) in [7, 11) is 1.73. The van der Waals surface area contributed by atoms with Crippen LogP contribution in [0.15, 0.2) is 0 Å². The first kappa shape index (κ1) is 13.9. The van der Waals surface area contributed by atoms with Crippen LogP contribution in [0.3, 0.4) is 0 Å². The fourth-order valence-corrected chi connectivity index (χ4v) is 2.90. The zero-order valence-electron chi connectivity index (χ0n) is 11.8. The second kappa shape index (κ2) is 5.63. The maximum Gasteiger partial charge on any atom is 0.343 e. The Kier molecular flexibility index (Phi) is 4.12. The van der Waals surface area contributed by atoms with Gasteiger partial charge >= 0.3 is 5.97 Å². The molecule has 0 amide bonds. The Morgan fingerprint density at radius 3 is 2.89 bits per heavy atom. The summed E-state index contributed by atoms with van der Waals surface area (Å²) in [5.74, 6) is 0.122. The third-order valence-electron chi connectivity index (χ3n) is 3.97. The fourth-order valence-electron chi connectivity index (χ4n) is 2.90. The van der Waals surface area contributed by atoms with Gasteiger partial charge in [0.1, 0.15) is 11.7 Å². The highest BCUT2D eigenvalue weighted by Crippen LogP contribution is 2.31. The lowest BCUT2D eigenvalue weighted by atomic mass is 9.85. The van der Waals surface area contributed by atoms with Gasteiger partial charge in [-0.2, -0.15) is 5.10 Å². The lowest BCUT2D eigenvalue weighted by Crippen LogP contribution is -2.26. The van der Waals surface area contributed by atoms with Crippen molar-refractivity contribution in [3.8, 4) is 5.88 Å². The van der Waals surface area contributed by atoms with Crippen LogP contribution in [0.25, 0.3) is 0 Å². The summed E-state index contributed by atoms with van der Waals surface area (Å²) in [5.41, 5.74) is 0.703. The van der Waals surface area contributed by atoms with E-state index in [4.69, 9.17) is 4.74 Å². The summed E-state index contributed by atoms with van der Waals surface area (Å²) < 4.78 is 7.49. The molecule has 2 unspecified atom stereocenters. The largest absolute Gasteiger partial charge is 0.477 e. The number of hydrogen-bond acceptors (Lipinski definition) is 3. The minimum Gasteiger partial charge on any atom is -0.477 e. The third kappa shape index (κ3) is 2.91. The van der Waals surface area contributed by atoms with Crippen LogP contribution in [0.2, 0.25) is 0 Å². The van der Waals surface area contributed by atoms with Crippen LogP contribution >= 0.6 is 0 Å². The van der Waals surface area contributed by atoms with E-state index in [9.17, 15) is 9.90 Å². The van der Waals surface area contributed by atoms with Gasteiger partial charge < -0.3 is 9.84 Å². The first-order valence-electron chi connectivity index (χ1n) is 6.96. The first-order valence-corrected chi connectivity index (χ1v) is 6.96. The predicted molar refractivity (Wildman–Crippen MR) is 71.6 cm³/mol. The van der Waals surface area contributed by atoms with Crippen LogP contribution in [0.5, 0.6) is 5.88 Å². The van der Waals surface area contributed by atoms with Crippen molar-refractivity contribution < 1.29 is 14.6 Å². The second-order valence-corrected chi connectivity index (χ2v) is 5.38. The molecular weight excluding hydrogens is 244 g/mol. The number of aromatic carboxylic acids is 1. The van der Waals surface area contributed by atoms with Crippen LogP contribution in [0, 0.1) is 12.8 Å². The number of carboxylic acids is 1. The Bertz CT molecular complexity index is 468. The first-order chi connectivity index (χ1) is 9.02. The van der Waals surface area contributed by atoms with E-state index in [1.165, 1.54) is 11.1 Å².